The minimum absolute atomic E-state index is 0.0706. The van der Waals surface area contributed by atoms with Gasteiger partial charge in [-0.1, -0.05) is 48.6 Å². The SMILES string of the molecule is CC[C@@H](OC(=O)CCCC(=O)Nc1nnc(C)s1)C(=O)c1ccccc1. The zero-order valence-corrected chi connectivity index (χ0v) is 15.5. The highest BCUT2D eigenvalue weighted by molar-refractivity contribution is 7.15. The largest absolute Gasteiger partial charge is 0.454 e. The molecule has 0 saturated carbocycles. The summed E-state index contributed by atoms with van der Waals surface area (Å²) in [6.45, 7) is 3.58. The molecule has 26 heavy (non-hydrogen) atoms. The second-order valence-electron chi connectivity index (χ2n) is 5.64. The minimum atomic E-state index is -0.803. The molecule has 0 aliphatic carbocycles. The number of Topliss-reactive ketones (excluding diaryl/α,β-unsaturated/α-hetero) is 1. The maximum Gasteiger partial charge on any atom is 0.306 e. The summed E-state index contributed by atoms with van der Waals surface area (Å²) in [4.78, 5) is 36.1. The molecule has 0 aliphatic rings. The number of ether oxygens (including phenoxy) is 1. The Labute approximate surface area is 155 Å². The van der Waals surface area contributed by atoms with Gasteiger partial charge in [-0.2, -0.15) is 0 Å². The summed E-state index contributed by atoms with van der Waals surface area (Å²) in [5, 5.41) is 11.4. The molecule has 1 aromatic carbocycles. The average Bonchev–Trinajstić information content (AvgIpc) is 3.04. The van der Waals surface area contributed by atoms with E-state index in [0.717, 1.165) is 5.01 Å². The number of carbonyl (C=O) groups excluding carboxylic acids is 3. The number of benzene rings is 1. The number of nitrogens with zero attached hydrogens (tertiary/aromatic N) is 2. The van der Waals surface area contributed by atoms with Crippen molar-refractivity contribution in [1.29, 1.82) is 0 Å². The van der Waals surface area contributed by atoms with Crippen molar-refractivity contribution < 1.29 is 19.1 Å². The highest BCUT2D eigenvalue weighted by Gasteiger charge is 2.22. The topological polar surface area (TPSA) is 98.2 Å². The number of aryl methyl sites for hydroxylation is 1. The van der Waals surface area contributed by atoms with Gasteiger partial charge in [0.05, 0.1) is 0 Å². The van der Waals surface area contributed by atoms with Crippen molar-refractivity contribution in [3.8, 4) is 0 Å². The quantitative estimate of drug-likeness (QED) is 0.534. The third kappa shape index (κ3) is 6.03. The van der Waals surface area contributed by atoms with Gasteiger partial charge in [-0.05, 0) is 19.8 Å². The van der Waals surface area contributed by atoms with Crippen molar-refractivity contribution in [3.05, 3.63) is 40.9 Å². The van der Waals surface area contributed by atoms with Gasteiger partial charge in [-0.25, -0.2) is 0 Å². The van der Waals surface area contributed by atoms with E-state index in [1.807, 2.05) is 6.07 Å². The van der Waals surface area contributed by atoms with E-state index in [9.17, 15) is 14.4 Å². The molecule has 0 radical (unpaired) electrons. The predicted molar refractivity (Wildman–Crippen MR) is 98.1 cm³/mol. The van der Waals surface area contributed by atoms with Gasteiger partial charge >= 0.3 is 5.97 Å². The van der Waals surface area contributed by atoms with Gasteiger partial charge in [0.2, 0.25) is 16.8 Å². The second kappa shape index (κ2) is 9.76. The van der Waals surface area contributed by atoms with Crippen molar-refractivity contribution in [2.75, 3.05) is 5.32 Å². The lowest BCUT2D eigenvalue weighted by Crippen LogP contribution is -2.26. The Hall–Kier alpha value is -2.61. The minimum Gasteiger partial charge on any atom is -0.454 e. The Morgan fingerprint density at radius 1 is 1.15 bits per heavy atom. The summed E-state index contributed by atoms with van der Waals surface area (Å²) >= 11 is 1.29. The monoisotopic (exact) mass is 375 g/mol. The smallest absolute Gasteiger partial charge is 0.306 e. The van der Waals surface area contributed by atoms with Crippen LogP contribution >= 0.6 is 11.3 Å². The van der Waals surface area contributed by atoms with E-state index >= 15 is 0 Å². The van der Waals surface area contributed by atoms with Crippen LogP contribution in [0.5, 0.6) is 0 Å². The van der Waals surface area contributed by atoms with E-state index in [0.29, 0.717) is 23.5 Å². The standard InChI is InChI=1S/C18H21N3O4S/c1-3-14(17(24)13-8-5-4-6-9-13)25-16(23)11-7-10-15(22)19-18-21-20-12(2)26-18/h4-6,8-9,14H,3,7,10-11H2,1-2H3,(H,19,21,22)/t14-/m1/s1. The number of ketones is 1. The molecule has 1 heterocycles. The molecular weight excluding hydrogens is 354 g/mol. The Bertz CT molecular complexity index is 761. The molecular formula is C18H21N3O4S. The zero-order chi connectivity index (χ0) is 18.9. The lowest BCUT2D eigenvalue weighted by Gasteiger charge is -2.15. The van der Waals surface area contributed by atoms with Crippen molar-refractivity contribution in [1.82, 2.24) is 10.2 Å². The molecule has 0 unspecified atom stereocenters. The van der Waals surface area contributed by atoms with Gasteiger partial charge in [-0.3, -0.25) is 14.4 Å². The number of aromatic nitrogens is 2. The molecule has 1 atom stereocenters. The number of nitrogens with one attached hydrogen (secondary N) is 1. The van der Waals surface area contributed by atoms with E-state index in [2.05, 4.69) is 15.5 Å². The normalized spacial score (nSPS) is 11.6. The van der Waals surface area contributed by atoms with Crippen LogP contribution in [0.1, 0.15) is 48.0 Å². The first-order valence-corrected chi connectivity index (χ1v) is 9.20. The van der Waals surface area contributed by atoms with E-state index in [-0.39, 0.29) is 24.5 Å². The maximum atomic E-state index is 12.3. The van der Waals surface area contributed by atoms with Crippen LogP contribution < -0.4 is 5.32 Å². The van der Waals surface area contributed by atoms with Gasteiger partial charge < -0.3 is 10.1 Å². The van der Waals surface area contributed by atoms with Crippen molar-refractivity contribution in [2.45, 2.75) is 45.6 Å². The Morgan fingerprint density at radius 2 is 1.88 bits per heavy atom. The first kappa shape index (κ1) is 19.7. The molecule has 1 amide bonds. The molecule has 2 rings (SSSR count). The fourth-order valence-electron chi connectivity index (χ4n) is 2.25. The molecule has 1 aromatic heterocycles. The van der Waals surface area contributed by atoms with Crippen LogP contribution in [0.2, 0.25) is 0 Å². The maximum absolute atomic E-state index is 12.3. The number of rotatable bonds is 9. The molecule has 0 aliphatic heterocycles. The molecule has 8 heteroatoms. The molecule has 0 bridgehead atoms. The molecule has 1 N–H and O–H groups in total. The number of anilines is 1. The summed E-state index contributed by atoms with van der Waals surface area (Å²) in [7, 11) is 0. The fraction of sp³-hybridized carbons (Fsp3) is 0.389. The number of amides is 1. The van der Waals surface area contributed by atoms with Gasteiger partial charge in [0.25, 0.3) is 0 Å². The molecule has 0 fully saturated rings. The third-order valence-corrected chi connectivity index (χ3v) is 4.31. The molecule has 138 valence electrons. The van der Waals surface area contributed by atoms with Crippen molar-refractivity contribution in [2.24, 2.45) is 0 Å². The first-order chi connectivity index (χ1) is 12.5. The zero-order valence-electron chi connectivity index (χ0n) is 14.7. The number of hydrogen-bond acceptors (Lipinski definition) is 7. The number of esters is 1. The highest BCUT2D eigenvalue weighted by atomic mass is 32.1. The van der Waals surface area contributed by atoms with Crippen LogP contribution in [0.3, 0.4) is 0 Å². The van der Waals surface area contributed by atoms with E-state index in [1.165, 1.54) is 11.3 Å². The van der Waals surface area contributed by atoms with Gasteiger partial charge in [0.1, 0.15) is 5.01 Å². The molecule has 0 saturated heterocycles. The number of hydrogen-bond donors (Lipinski definition) is 1. The van der Waals surface area contributed by atoms with Crippen LogP contribution in [0.4, 0.5) is 5.13 Å². The Morgan fingerprint density at radius 3 is 2.50 bits per heavy atom. The second-order valence-corrected chi connectivity index (χ2v) is 6.83. The van der Waals surface area contributed by atoms with Crippen LogP contribution in [0.25, 0.3) is 0 Å². The molecule has 0 spiro atoms. The van der Waals surface area contributed by atoms with E-state index in [1.54, 1.807) is 38.1 Å². The van der Waals surface area contributed by atoms with E-state index < -0.39 is 12.1 Å². The van der Waals surface area contributed by atoms with Gasteiger partial charge in [-0.15, -0.1) is 10.2 Å². The summed E-state index contributed by atoms with van der Waals surface area (Å²) in [5.41, 5.74) is 0.513. The summed E-state index contributed by atoms with van der Waals surface area (Å²) < 4.78 is 5.28. The summed E-state index contributed by atoms with van der Waals surface area (Å²) in [6, 6.07) is 8.73. The summed E-state index contributed by atoms with van der Waals surface area (Å²) in [6.07, 6.45) is 0.163. The number of carbonyl (C=O) groups is 3. The first-order valence-electron chi connectivity index (χ1n) is 8.38. The van der Waals surface area contributed by atoms with Crippen LogP contribution in [0.15, 0.2) is 30.3 Å². The summed E-state index contributed by atoms with van der Waals surface area (Å²) in [5.74, 6) is -0.937. The molecule has 2 aromatic rings. The lowest BCUT2D eigenvalue weighted by atomic mass is 10.0. The van der Waals surface area contributed by atoms with Gasteiger partial charge in [0, 0.05) is 18.4 Å². The van der Waals surface area contributed by atoms with Crippen LogP contribution in [-0.2, 0) is 14.3 Å². The highest BCUT2D eigenvalue weighted by Crippen LogP contribution is 2.15. The molecule has 7 nitrogen and oxygen atoms in total. The predicted octanol–water partition coefficient (Wildman–Crippen LogP) is 3.16. The fourth-order valence-corrected chi connectivity index (χ4v) is 2.86. The third-order valence-electron chi connectivity index (χ3n) is 3.55. The lowest BCUT2D eigenvalue weighted by molar-refractivity contribution is -0.147. The van der Waals surface area contributed by atoms with Crippen molar-refractivity contribution in [3.63, 3.8) is 0 Å². The Kier molecular flexibility index (Phi) is 7.40. The van der Waals surface area contributed by atoms with Crippen molar-refractivity contribution >= 4 is 34.1 Å². The Balaban J connectivity index is 1.74. The van der Waals surface area contributed by atoms with Gasteiger partial charge in [0.15, 0.2) is 6.10 Å². The average molecular weight is 375 g/mol. The van der Waals surface area contributed by atoms with Crippen LogP contribution in [0, 0.1) is 6.92 Å². The van der Waals surface area contributed by atoms with E-state index in [4.69, 9.17) is 4.74 Å². The van der Waals surface area contributed by atoms with Crippen LogP contribution in [-0.4, -0.2) is 34.0 Å².